The van der Waals surface area contributed by atoms with Crippen molar-refractivity contribution >= 4 is 59.4 Å². The number of aromatic nitrogens is 2. The highest BCUT2D eigenvalue weighted by Crippen LogP contribution is 2.51. The molecule has 10 aromatic rings. The molecule has 0 fully saturated rings. The highest BCUT2D eigenvalue weighted by molar-refractivity contribution is 6.26. The number of allylic oxidation sites excluding steroid dienone is 2. The summed E-state index contributed by atoms with van der Waals surface area (Å²) in [5, 5.41) is 12.8. The van der Waals surface area contributed by atoms with Gasteiger partial charge in [-0.1, -0.05) is 164 Å². The van der Waals surface area contributed by atoms with Gasteiger partial charge in [0, 0.05) is 17.5 Å². The molecule has 1 radical (unpaired) electrons. The summed E-state index contributed by atoms with van der Waals surface area (Å²) >= 11 is 0. The van der Waals surface area contributed by atoms with Crippen molar-refractivity contribution < 1.29 is 4.74 Å². The maximum atomic E-state index is 6.64. The molecule has 0 amide bonds. The van der Waals surface area contributed by atoms with E-state index in [9.17, 15) is 0 Å². The first-order valence-electron chi connectivity index (χ1n) is 20.1. The summed E-state index contributed by atoms with van der Waals surface area (Å²) in [6.07, 6.45) is 8.89. The number of hydrogen-bond acceptors (Lipinski definition) is 3. The lowest BCUT2D eigenvalue weighted by atomic mass is 9.85. The molecular formula is C55H33N2O. The normalized spacial score (nSPS) is 16.4. The SMILES string of the molecule is [CH]1c2c1c1c(-c3ccc4c5ccccc5c5ccccc5c4c3)cccc1c1ccc(-c3nc4c(c(-c5ccccc5)n3)C3C=C(c5ccccc5)C=CC3O4)cc21. The molecule has 1 aromatic heterocycles. The third-order valence-electron chi connectivity index (χ3n) is 12.6. The molecule has 3 nitrogen and oxygen atoms in total. The molecule has 2 heterocycles. The Labute approximate surface area is 335 Å². The summed E-state index contributed by atoms with van der Waals surface area (Å²) in [4.78, 5) is 10.5. The van der Waals surface area contributed by atoms with Gasteiger partial charge in [-0.25, -0.2) is 4.98 Å². The predicted molar refractivity (Wildman–Crippen MR) is 239 cm³/mol. The van der Waals surface area contributed by atoms with Crippen LogP contribution in [0.1, 0.15) is 28.2 Å². The van der Waals surface area contributed by atoms with E-state index >= 15 is 0 Å². The molecule has 0 bridgehead atoms. The number of fused-ring (bicyclic) bond motifs is 15. The van der Waals surface area contributed by atoms with E-state index in [0.717, 1.165) is 22.4 Å². The second kappa shape index (κ2) is 12.1. The Morgan fingerprint density at radius 2 is 1.05 bits per heavy atom. The van der Waals surface area contributed by atoms with Crippen LogP contribution in [0, 0.1) is 6.42 Å². The van der Waals surface area contributed by atoms with Crippen LogP contribution in [0.25, 0.3) is 93.2 Å². The molecule has 9 aromatic carbocycles. The van der Waals surface area contributed by atoms with E-state index < -0.39 is 0 Å². The van der Waals surface area contributed by atoms with E-state index in [-0.39, 0.29) is 12.0 Å². The lowest BCUT2D eigenvalue weighted by Gasteiger charge is -2.19. The predicted octanol–water partition coefficient (Wildman–Crippen LogP) is 13.7. The van der Waals surface area contributed by atoms with E-state index in [1.165, 1.54) is 87.3 Å². The Balaban J connectivity index is 0.948. The Hall–Kier alpha value is -7.36. The molecule has 3 aliphatic rings. The lowest BCUT2D eigenvalue weighted by Crippen LogP contribution is -2.17. The zero-order chi connectivity index (χ0) is 37.9. The van der Waals surface area contributed by atoms with E-state index in [1.54, 1.807) is 0 Å². The third kappa shape index (κ3) is 4.68. The van der Waals surface area contributed by atoms with Gasteiger partial charge in [0.25, 0.3) is 0 Å². The van der Waals surface area contributed by atoms with Gasteiger partial charge in [-0.2, -0.15) is 4.98 Å². The van der Waals surface area contributed by atoms with Gasteiger partial charge in [0.15, 0.2) is 5.82 Å². The van der Waals surface area contributed by atoms with Crippen LogP contribution in [0.5, 0.6) is 5.88 Å². The molecule has 3 heteroatoms. The molecule has 0 spiro atoms. The molecule has 0 saturated heterocycles. The minimum Gasteiger partial charge on any atom is -0.469 e. The molecule has 0 N–H and O–H groups in total. The molecule has 2 aliphatic carbocycles. The van der Waals surface area contributed by atoms with Crippen LogP contribution in [-0.2, 0) is 0 Å². The Bertz CT molecular complexity index is 3420. The van der Waals surface area contributed by atoms with Crippen molar-refractivity contribution in [3.63, 3.8) is 0 Å². The first-order chi connectivity index (χ1) is 28.7. The average molecular weight is 738 g/mol. The highest BCUT2D eigenvalue weighted by atomic mass is 16.5. The molecule has 1 aliphatic heterocycles. The molecule has 13 rings (SSSR count). The second-order valence-corrected chi connectivity index (χ2v) is 15.7. The second-order valence-electron chi connectivity index (χ2n) is 15.7. The van der Waals surface area contributed by atoms with Crippen LogP contribution >= 0.6 is 0 Å². The molecule has 2 unspecified atom stereocenters. The number of benzene rings is 9. The Morgan fingerprint density at radius 3 is 1.79 bits per heavy atom. The summed E-state index contributed by atoms with van der Waals surface area (Å²) in [5.74, 6) is 1.35. The van der Waals surface area contributed by atoms with E-state index in [4.69, 9.17) is 14.7 Å². The number of nitrogens with zero attached hydrogens (tertiary/aromatic N) is 2. The van der Waals surface area contributed by atoms with Crippen LogP contribution in [0.3, 0.4) is 0 Å². The summed E-state index contributed by atoms with van der Waals surface area (Å²) < 4.78 is 6.64. The Morgan fingerprint density at radius 1 is 0.448 bits per heavy atom. The average Bonchev–Trinajstić information content (AvgIpc) is 4.03. The zero-order valence-electron chi connectivity index (χ0n) is 31.4. The van der Waals surface area contributed by atoms with Crippen LogP contribution in [0.15, 0.2) is 182 Å². The quantitative estimate of drug-likeness (QED) is 0.169. The molecule has 0 saturated carbocycles. The fraction of sp³-hybridized carbons (Fsp3) is 0.0364. The van der Waals surface area contributed by atoms with Gasteiger partial charge in [-0.05, 0) is 105 Å². The molecular weight excluding hydrogens is 705 g/mol. The topological polar surface area (TPSA) is 35.0 Å². The monoisotopic (exact) mass is 737 g/mol. The fourth-order valence-electron chi connectivity index (χ4n) is 9.82. The minimum absolute atomic E-state index is 0.0168. The zero-order valence-corrected chi connectivity index (χ0v) is 31.4. The van der Waals surface area contributed by atoms with Crippen molar-refractivity contribution in [1.82, 2.24) is 9.97 Å². The van der Waals surface area contributed by atoms with Gasteiger partial charge in [0.2, 0.25) is 5.88 Å². The maximum Gasteiger partial charge on any atom is 0.222 e. The fourth-order valence-corrected chi connectivity index (χ4v) is 9.82. The molecule has 269 valence electrons. The standard InChI is InChI=1S/C55H33N2O/c1-3-12-32(13-4-1)34-24-27-50-49(28-34)52-53(33-14-5-2-6-15-33)56-54(57-55(52)58-50)36-23-26-43-44-21-11-20-37(51(44)48-31-47(48)46(43)30-36)35-22-25-42-40-18-8-7-16-38(40)39-17-9-10-19-41(39)45(42)29-35/h1-31,49-50H. The van der Waals surface area contributed by atoms with Gasteiger partial charge >= 0.3 is 0 Å². The van der Waals surface area contributed by atoms with E-state index in [1.807, 2.05) is 0 Å². The first-order valence-corrected chi connectivity index (χ1v) is 20.1. The van der Waals surface area contributed by atoms with E-state index in [2.05, 4.69) is 188 Å². The largest absolute Gasteiger partial charge is 0.469 e. The van der Waals surface area contributed by atoms with Crippen molar-refractivity contribution in [3.05, 3.63) is 211 Å². The smallest absolute Gasteiger partial charge is 0.222 e. The van der Waals surface area contributed by atoms with Crippen molar-refractivity contribution in [3.8, 4) is 39.7 Å². The number of rotatable bonds is 4. The van der Waals surface area contributed by atoms with E-state index in [0.29, 0.717) is 11.7 Å². The lowest BCUT2D eigenvalue weighted by molar-refractivity contribution is 0.261. The van der Waals surface area contributed by atoms with Gasteiger partial charge in [0.1, 0.15) is 6.10 Å². The maximum absolute atomic E-state index is 6.64. The highest BCUT2D eigenvalue weighted by Gasteiger charge is 2.38. The first kappa shape index (κ1) is 31.8. The Kier molecular flexibility index (Phi) is 6.62. The third-order valence-corrected chi connectivity index (χ3v) is 12.6. The van der Waals surface area contributed by atoms with Gasteiger partial charge in [-0.3, -0.25) is 0 Å². The van der Waals surface area contributed by atoms with Crippen molar-refractivity contribution in [2.24, 2.45) is 0 Å². The number of hydrogen-bond donors (Lipinski definition) is 0. The van der Waals surface area contributed by atoms with Crippen molar-refractivity contribution in [2.75, 3.05) is 0 Å². The van der Waals surface area contributed by atoms with Gasteiger partial charge in [-0.15, -0.1) is 0 Å². The summed E-state index contributed by atoms with van der Waals surface area (Å²) in [6, 6.07) is 59.1. The minimum atomic E-state index is -0.127. The molecule has 58 heavy (non-hydrogen) atoms. The summed E-state index contributed by atoms with van der Waals surface area (Å²) in [5.41, 5.74) is 11.5. The summed E-state index contributed by atoms with van der Waals surface area (Å²) in [6.45, 7) is 0. The van der Waals surface area contributed by atoms with Crippen LogP contribution in [0.4, 0.5) is 0 Å². The van der Waals surface area contributed by atoms with Crippen LogP contribution in [0.2, 0.25) is 0 Å². The van der Waals surface area contributed by atoms with Crippen LogP contribution in [-0.4, -0.2) is 16.1 Å². The van der Waals surface area contributed by atoms with Gasteiger partial charge < -0.3 is 4.74 Å². The van der Waals surface area contributed by atoms with Crippen molar-refractivity contribution in [1.29, 1.82) is 0 Å². The van der Waals surface area contributed by atoms with Crippen LogP contribution < -0.4 is 4.74 Å². The summed E-state index contributed by atoms with van der Waals surface area (Å²) in [7, 11) is 0. The van der Waals surface area contributed by atoms with Gasteiger partial charge in [0.05, 0.1) is 17.2 Å². The van der Waals surface area contributed by atoms with Crippen molar-refractivity contribution in [2.45, 2.75) is 12.0 Å². The molecule has 2 atom stereocenters. The number of ether oxygens (including phenoxy) is 1.